The van der Waals surface area contributed by atoms with E-state index in [9.17, 15) is 8.42 Å². The van der Waals surface area contributed by atoms with Crippen LogP contribution in [0.1, 0.15) is 11.3 Å². The van der Waals surface area contributed by atoms with Crippen LogP contribution in [0.3, 0.4) is 0 Å². The number of sulfonamides is 1. The Kier molecular flexibility index (Phi) is 4.28. The van der Waals surface area contributed by atoms with E-state index in [1.165, 1.54) is 4.31 Å². The van der Waals surface area contributed by atoms with Crippen molar-refractivity contribution in [3.8, 4) is 0 Å². The number of aryl methyl sites for hydroxylation is 1. The molecule has 2 aromatic rings. The van der Waals surface area contributed by atoms with Crippen LogP contribution in [0.4, 0.5) is 0 Å². The smallest absolute Gasteiger partial charge is 0.214 e. The Bertz CT molecular complexity index is 596. The number of pyridine rings is 1. The lowest BCUT2D eigenvalue weighted by Crippen LogP contribution is -2.29. The average molecular weight is 280 g/mol. The van der Waals surface area contributed by atoms with Crippen molar-refractivity contribution in [3.63, 3.8) is 0 Å². The Morgan fingerprint density at radius 1 is 1.37 bits per heavy atom. The van der Waals surface area contributed by atoms with Crippen LogP contribution in [0.2, 0.25) is 0 Å². The molecule has 2 rings (SSSR count). The van der Waals surface area contributed by atoms with Gasteiger partial charge in [0.15, 0.2) is 0 Å². The molecule has 6 nitrogen and oxygen atoms in total. The number of aromatic nitrogens is 3. The predicted octanol–water partition coefficient (Wildman–Crippen LogP) is 0.809. The summed E-state index contributed by atoms with van der Waals surface area (Å²) >= 11 is 0. The summed E-state index contributed by atoms with van der Waals surface area (Å²) in [5.41, 5.74) is 1.62. The zero-order valence-corrected chi connectivity index (χ0v) is 11.5. The summed E-state index contributed by atoms with van der Waals surface area (Å²) in [7, 11) is -1.71. The van der Waals surface area contributed by atoms with Gasteiger partial charge in [-0.2, -0.15) is 5.10 Å². The number of nitrogens with one attached hydrogen (secondary N) is 1. The molecule has 0 saturated carbocycles. The van der Waals surface area contributed by atoms with E-state index in [1.54, 1.807) is 25.6 Å². The summed E-state index contributed by atoms with van der Waals surface area (Å²) < 4.78 is 25.5. The van der Waals surface area contributed by atoms with Crippen molar-refractivity contribution in [3.05, 3.63) is 48.0 Å². The first-order valence-corrected chi connectivity index (χ1v) is 7.50. The van der Waals surface area contributed by atoms with Crippen LogP contribution in [-0.2, 0) is 23.0 Å². The molecule has 0 spiro atoms. The Hall–Kier alpha value is -1.73. The molecule has 2 aromatic heterocycles. The summed E-state index contributed by atoms with van der Waals surface area (Å²) in [6.45, 7) is 0.320. The van der Waals surface area contributed by atoms with E-state index < -0.39 is 10.0 Å². The molecular formula is C12H16N4O2S. The van der Waals surface area contributed by atoms with E-state index in [0.717, 1.165) is 11.3 Å². The first-order valence-electron chi connectivity index (χ1n) is 5.89. The fraction of sp³-hybridized carbons (Fsp3) is 0.333. The van der Waals surface area contributed by atoms with Gasteiger partial charge in [-0.3, -0.25) is 10.1 Å². The fourth-order valence-electron chi connectivity index (χ4n) is 1.65. The Labute approximate surface area is 112 Å². The molecule has 1 N–H and O–H groups in total. The first-order chi connectivity index (χ1) is 9.08. The van der Waals surface area contributed by atoms with Gasteiger partial charge in [-0.1, -0.05) is 6.07 Å². The van der Waals surface area contributed by atoms with Crippen molar-refractivity contribution in [2.45, 2.75) is 13.0 Å². The van der Waals surface area contributed by atoms with Crippen LogP contribution < -0.4 is 0 Å². The van der Waals surface area contributed by atoms with Gasteiger partial charge in [0.1, 0.15) is 0 Å². The highest BCUT2D eigenvalue weighted by atomic mass is 32.2. The van der Waals surface area contributed by atoms with Crippen LogP contribution >= 0.6 is 0 Å². The maximum atomic E-state index is 12.1. The number of aromatic amines is 1. The van der Waals surface area contributed by atoms with Gasteiger partial charge < -0.3 is 0 Å². The van der Waals surface area contributed by atoms with Crippen LogP contribution in [0.25, 0.3) is 0 Å². The molecule has 0 radical (unpaired) electrons. The van der Waals surface area contributed by atoms with Crippen LogP contribution in [0, 0.1) is 0 Å². The predicted molar refractivity (Wildman–Crippen MR) is 71.8 cm³/mol. The van der Waals surface area contributed by atoms with Crippen LogP contribution in [-0.4, -0.2) is 40.7 Å². The van der Waals surface area contributed by atoms with E-state index in [4.69, 9.17) is 0 Å². The van der Waals surface area contributed by atoms with E-state index in [1.807, 2.05) is 18.2 Å². The Morgan fingerprint density at radius 3 is 2.84 bits per heavy atom. The van der Waals surface area contributed by atoms with Gasteiger partial charge in [0.25, 0.3) is 0 Å². The average Bonchev–Trinajstić information content (AvgIpc) is 2.90. The standard InChI is InChI=1S/C12H16N4O2S/c1-16(10-11-8-14-15-9-11)19(17,18)7-5-12-4-2-3-6-13-12/h2-4,6,8-9H,5,7,10H2,1H3,(H,14,15). The van der Waals surface area contributed by atoms with Crippen molar-refractivity contribution in [2.75, 3.05) is 12.8 Å². The quantitative estimate of drug-likeness (QED) is 0.849. The topological polar surface area (TPSA) is 79.0 Å². The van der Waals surface area contributed by atoms with Crippen LogP contribution in [0.15, 0.2) is 36.8 Å². The van der Waals surface area contributed by atoms with Crippen molar-refractivity contribution >= 4 is 10.0 Å². The Balaban J connectivity index is 1.94. The molecule has 19 heavy (non-hydrogen) atoms. The molecule has 0 aliphatic heterocycles. The lowest BCUT2D eigenvalue weighted by Gasteiger charge is -2.15. The van der Waals surface area contributed by atoms with Crippen LogP contribution in [0.5, 0.6) is 0 Å². The van der Waals surface area contributed by atoms with Gasteiger partial charge in [-0.15, -0.1) is 0 Å². The highest BCUT2D eigenvalue weighted by Crippen LogP contribution is 2.07. The maximum Gasteiger partial charge on any atom is 0.214 e. The van der Waals surface area contributed by atoms with Crippen molar-refractivity contribution < 1.29 is 8.42 Å². The summed E-state index contributed by atoms with van der Waals surface area (Å²) in [6.07, 6.45) is 5.38. The lowest BCUT2D eigenvalue weighted by atomic mass is 10.3. The van der Waals surface area contributed by atoms with Gasteiger partial charge in [-0.05, 0) is 12.1 Å². The molecule has 102 valence electrons. The molecule has 0 aliphatic rings. The van der Waals surface area contributed by atoms with E-state index in [0.29, 0.717) is 13.0 Å². The van der Waals surface area contributed by atoms with E-state index in [-0.39, 0.29) is 5.75 Å². The van der Waals surface area contributed by atoms with Gasteiger partial charge in [0, 0.05) is 43.7 Å². The van der Waals surface area contributed by atoms with Gasteiger partial charge in [-0.25, -0.2) is 12.7 Å². The second kappa shape index (κ2) is 5.94. The minimum absolute atomic E-state index is 0.0539. The van der Waals surface area contributed by atoms with Crippen molar-refractivity contribution in [1.82, 2.24) is 19.5 Å². The number of hydrogen-bond acceptors (Lipinski definition) is 4. The molecule has 7 heteroatoms. The van der Waals surface area contributed by atoms with Gasteiger partial charge >= 0.3 is 0 Å². The number of H-pyrrole nitrogens is 1. The highest BCUT2D eigenvalue weighted by Gasteiger charge is 2.18. The highest BCUT2D eigenvalue weighted by molar-refractivity contribution is 7.89. The molecule has 0 aromatic carbocycles. The summed E-state index contributed by atoms with van der Waals surface area (Å²) in [5, 5.41) is 6.46. The van der Waals surface area contributed by atoms with E-state index in [2.05, 4.69) is 15.2 Å². The lowest BCUT2D eigenvalue weighted by molar-refractivity contribution is 0.466. The summed E-state index contributed by atoms with van der Waals surface area (Å²) in [5.74, 6) is 0.0539. The first kappa shape index (κ1) is 13.7. The molecule has 0 aliphatic carbocycles. The third-order valence-electron chi connectivity index (χ3n) is 2.78. The molecular weight excluding hydrogens is 264 g/mol. The fourth-order valence-corrected chi connectivity index (χ4v) is 2.78. The summed E-state index contributed by atoms with van der Waals surface area (Å²) in [6, 6.07) is 5.48. The van der Waals surface area contributed by atoms with Gasteiger partial charge in [0.2, 0.25) is 10.0 Å². The maximum absolute atomic E-state index is 12.1. The number of hydrogen-bond donors (Lipinski definition) is 1. The monoisotopic (exact) mass is 280 g/mol. The summed E-state index contributed by atoms with van der Waals surface area (Å²) in [4.78, 5) is 4.12. The third-order valence-corrected chi connectivity index (χ3v) is 4.58. The molecule has 0 fully saturated rings. The molecule has 0 bridgehead atoms. The molecule has 0 unspecified atom stereocenters. The number of rotatable bonds is 6. The molecule has 0 amide bonds. The largest absolute Gasteiger partial charge is 0.285 e. The minimum atomic E-state index is -3.28. The Morgan fingerprint density at radius 2 is 2.21 bits per heavy atom. The molecule has 0 atom stereocenters. The van der Waals surface area contributed by atoms with Crippen molar-refractivity contribution in [2.24, 2.45) is 0 Å². The molecule has 0 saturated heterocycles. The molecule has 2 heterocycles. The number of nitrogens with zero attached hydrogens (tertiary/aromatic N) is 3. The van der Waals surface area contributed by atoms with Gasteiger partial charge in [0.05, 0.1) is 11.9 Å². The zero-order valence-electron chi connectivity index (χ0n) is 10.7. The normalized spacial score (nSPS) is 11.9. The van der Waals surface area contributed by atoms with Crippen molar-refractivity contribution in [1.29, 1.82) is 0 Å². The third kappa shape index (κ3) is 3.87. The second-order valence-electron chi connectivity index (χ2n) is 4.25. The van der Waals surface area contributed by atoms with E-state index >= 15 is 0 Å². The second-order valence-corrected chi connectivity index (χ2v) is 6.45. The SMILES string of the molecule is CN(Cc1cn[nH]c1)S(=O)(=O)CCc1ccccn1. The minimum Gasteiger partial charge on any atom is -0.285 e. The zero-order chi connectivity index (χ0) is 13.7.